The Kier molecular flexibility index (Phi) is 3.35. The van der Waals surface area contributed by atoms with Crippen LogP contribution < -0.4 is 5.32 Å². The maximum atomic E-state index is 5.61. The topological polar surface area (TPSA) is 34.1 Å². The van der Waals surface area contributed by atoms with Crippen LogP contribution in [0.3, 0.4) is 0 Å². The predicted molar refractivity (Wildman–Crippen MR) is 56.3 cm³/mol. The lowest BCUT2D eigenvalue weighted by molar-refractivity contribution is 0.0247. The molecule has 0 radical (unpaired) electrons. The average Bonchev–Trinajstić information content (AvgIpc) is 2.29. The molecule has 1 unspecified atom stereocenters. The quantitative estimate of drug-likeness (QED) is 0.796. The average molecular weight is 192 g/mol. The number of ether oxygens (including phenoxy) is 1. The fourth-order valence-electron chi connectivity index (χ4n) is 1.65. The normalized spacial score (nSPS) is 21.9. The molecule has 1 saturated heterocycles. The van der Waals surface area contributed by atoms with E-state index in [1.807, 2.05) is 18.2 Å². The molecule has 0 aliphatic carbocycles. The molecule has 0 saturated carbocycles. The summed E-state index contributed by atoms with van der Waals surface area (Å²) in [5.74, 6) is 0.932. The van der Waals surface area contributed by atoms with Crippen LogP contribution in [0.5, 0.6) is 0 Å². The highest BCUT2D eigenvalue weighted by Crippen LogP contribution is 2.13. The van der Waals surface area contributed by atoms with E-state index in [0.717, 1.165) is 19.0 Å². The molecule has 3 heteroatoms. The highest BCUT2D eigenvalue weighted by atomic mass is 16.5. The van der Waals surface area contributed by atoms with Crippen LogP contribution in [0, 0.1) is 0 Å². The van der Waals surface area contributed by atoms with Crippen molar-refractivity contribution in [2.45, 2.75) is 25.4 Å². The molecule has 2 rings (SSSR count). The Balaban J connectivity index is 1.76. The Morgan fingerprint density at radius 1 is 1.43 bits per heavy atom. The second-order valence-corrected chi connectivity index (χ2v) is 3.58. The highest BCUT2D eigenvalue weighted by molar-refractivity contribution is 5.33. The van der Waals surface area contributed by atoms with Gasteiger partial charge in [0, 0.05) is 19.3 Å². The van der Waals surface area contributed by atoms with Crippen LogP contribution in [0.1, 0.15) is 19.3 Å². The molecule has 14 heavy (non-hydrogen) atoms. The van der Waals surface area contributed by atoms with Crippen molar-refractivity contribution < 1.29 is 4.74 Å². The zero-order chi connectivity index (χ0) is 9.64. The van der Waals surface area contributed by atoms with Gasteiger partial charge in [0.2, 0.25) is 0 Å². The van der Waals surface area contributed by atoms with Gasteiger partial charge in [-0.25, -0.2) is 4.98 Å². The molecule has 1 aliphatic rings. The van der Waals surface area contributed by atoms with Crippen LogP contribution in [-0.4, -0.2) is 24.2 Å². The first-order chi connectivity index (χ1) is 6.95. The van der Waals surface area contributed by atoms with Gasteiger partial charge in [0.25, 0.3) is 0 Å². The first-order valence-electron chi connectivity index (χ1n) is 5.21. The molecule has 0 bridgehead atoms. The van der Waals surface area contributed by atoms with E-state index in [2.05, 4.69) is 10.3 Å². The molecule has 0 aromatic carbocycles. The zero-order valence-corrected chi connectivity index (χ0v) is 8.28. The molecule has 1 aliphatic heterocycles. The van der Waals surface area contributed by atoms with Crippen LogP contribution in [0.25, 0.3) is 0 Å². The van der Waals surface area contributed by atoms with Crippen LogP contribution in [0.4, 0.5) is 5.82 Å². The molecule has 1 fully saturated rings. The Labute approximate surface area is 84.5 Å². The summed E-state index contributed by atoms with van der Waals surface area (Å²) in [5, 5.41) is 3.28. The number of rotatable bonds is 3. The van der Waals surface area contributed by atoms with Crippen molar-refractivity contribution in [2.24, 2.45) is 0 Å². The van der Waals surface area contributed by atoms with Crippen LogP contribution in [-0.2, 0) is 4.74 Å². The van der Waals surface area contributed by atoms with Crippen molar-refractivity contribution in [3.05, 3.63) is 24.4 Å². The Bertz CT molecular complexity index is 257. The van der Waals surface area contributed by atoms with Crippen LogP contribution >= 0.6 is 0 Å². The van der Waals surface area contributed by atoms with Gasteiger partial charge in [-0.1, -0.05) is 6.07 Å². The molecule has 1 N–H and O–H groups in total. The molecular weight excluding hydrogens is 176 g/mol. The number of hydrogen-bond donors (Lipinski definition) is 1. The van der Waals surface area contributed by atoms with E-state index in [0.29, 0.717) is 6.10 Å². The van der Waals surface area contributed by atoms with E-state index in [1.165, 1.54) is 19.3 Å². The van der Waals surface area contributed by atoms with Gasteiger partial charge in [-0.2, -0.15) is 0 Å². The monoisotopic (exact) mass is 192 g/mol. The minimum atomic E-state index is 0.366. The van der Waals surface area contributed by atoms with Crippen molar-refractivity contribution in [1.29, 1.82) is 0 Å². The van der Waals surface area contributed by atoms with Gasteiger partial charge in [0.15, 0.2) is 0 Å². The number of anilines is 1. The Morgan fingerprint density at radius 3 is 3.14 bits per heavy atom. The van der Waals surface area contributed by atoms with E-state index >= 15 is 0 Å². The minimum absolute atomic E-state index is 0.366. The van der Waals surface area contributed by atoms with Crippen LogP contribution in [0.2, 0.25) is 0 Å². The van der Waals surface area contributed by atoms with E-state index in [1.54, 1.807) is 6.20 Å². The first-order valence-corrected chi connectivity index (χ1v) is 5.21. The summed E-state index contributed by atoms with van der Waals surface area (Å²) in [6, 6.07) is 5.88. The molecule has 2 heterocycles. The highest BCUT2D eigenvalue weighted by Gasteiger charge is 2.12. The van der Waals surface area contributed by atoms with Gasteiger partial charge in [-0.15, -0.1) is 0 Å². The molecular formula is C11H16N2O. The largest absolute Gasteiger partial charge is 0.376 e. The second-order valence-electron chi connectivity index (χ2n) is 3.58. The molecule has 1 aromatic heterocycles. The van der Waals surface area contributed by atoms with Gasteiger partial charge in [0.05, 0.1) is 6.10 Å². The van der Waals surface area contributed by atoms with Crippen molar-refractivity contribution in [2.75, 3.05) is 18.5 Å². The SMILES string of the molecule is c1ccc(NCC2CCCCO2)nc1. The molecule has 3 nitrogen and oxygen atoms in total. The lowest BCUT2D eigenvalue weighted by atomic mass is 10.1. The minimum Gasteiger partial charge on any atom is -0.376 e. The summed E-state index contributed by atoms with van der Waals surface area (Å²) in [6.45, 7) is 1.78. The van der Waals surface area contributed by atoms with Gasteiger partial charge in [-0.05, 0) is 31.4 Å². The second kappa shape index (κ2) is 4.96. The number of hydrogen-bond acceptors (Lipinski definition) is 3. The predicted octanol–water partition coefficient (Wildman–Crippen LogP) is 2.06. The Hall–Kier alpha value is -1.09. The third-order valence-corrected chi connectivity index (χ3v) is 2.45. The lowest BCUT2D eigenvalue weighted by Crippen LogP contribution is -2.27. The van der Waals surface area contributed by atoms with Crippen molar-refractivity contribution in [1.82, 2.24) is 4.98 Å². The molecule has 76 valence electrons. The van der Waals surface area contributed by atoms with E-state index < -0.39 is 0 Å². The molecule has 0 amide bonds. The maximum Gasteiger partial charge on any atom is 0.125 e. The molecule has 1 atom stereocenters. The standard InChI is InChI=1S/C11H16N2O/c1-3-7-12-11(6-1)13-9-10-5-2-4-8-14-10/h1,3,6-7,10H,2,4-5,8-9H2,(H,12,13). The number of nitrogens with one attached hydrogen (secondary N) is 1. The maximum absolute atomic E-state index is 5.61. The van der Waals surface area contributed by atoms with E-state index in [-0.39, 0.29) is 0 Å². The fraction of sp³-hybridized carbons (Fsp3) is 0.545. The van der Waals surface area contributed by atoms with Gasteiger partial charge < -0.3 is 10.1 Å². The zero-order valence-electron chi connectivity index (χ0n) is 8.28. The summed E-state index contributed by atoms with van der Waals surface area (Å²) < 4.78 is 5.61. The summed E-state index contributed by atoms with van der Waals surface area (Å²) in [7, 11) is 0. The molecule has 0 spiro atoms. The van der Waals surface area contributed by atoms with Crippen molar-refractivity contribution in [3.63, 3.8) is 0 Å². The van der Waals surface area contributed by atoms with Gasteiger partial charge in [-0.3, -0.25) is 0 Å². The van der Waals surface area contributed by atoms with Gasteiger partial charge in [0.1, 0.15) is 5.82 Å². The van der Waals surface area contributed by atoms with Crippen molar-refractivity contribution in [3.8, 4) is 0 Å². The third-order valence-electron chi connectivity index (χ3n) is 2.45. The Morgan fingerprint density at radius 2 is 2.43 bits per heavy atom. The summed E-state index contributed by atoms with van der Waals surface area (Å²) in [5.41, 5.74) is 0. The number of pyridine rings is 1. The lowest BCUT2D eigenvalue weighted by Gasteiger charge is -2.22. The first kappa shape index (κ1) is 9.46. The fourth-order valence-corrected chi connectivity index (χ4v) is 1.65. The van der Waals surface area contributed by atoms with Crippen LogP contribution in [0.15, 0.2) is 24.4 Å². The van der Waals surface area contributed by atoms with Gasteiger partial charge >= 0.3 is 0 Å². The summed E-state index contributed by atoms with van der Waals surface area (Å²) in [4.78, 5) is 4.20. The molecule has 1 aromatic rings. The smallest absolute Gasteiger partial charge is 0.125 e. The third kappa shape index (κ3) is 2.70. The number of nitrogens with zero attached hydrogens (tertiary/aromatic N) is 1. The van der Waals surface area contributed by atoms with Crippen molar-refractivity contribution >= 4 is 5.82 Å². The van der Waals surface area contributed by atoms with E-state index in [4.69, 9.17) is 4.74 Å². The number of aromatic nitrogens is 1. The summed E-state index contributed by atoms with van der Waals surface area (Å²) in [6.07, 6.45) is 5.82. The summed E-state index contributed by atoms with van der Waals surface area (Å²) >= 11 is 0. The van der Waals surface area contributed by atoms with E-state index in [9.17, 15) is 0 Å².